The predicted octanol–water partition coefficient (Wildman–Crippen LogP) is 5.38. The van der Waals surface area contributed by atoms with E-state index in [0.717, 1.165) is 32.1 Å². The van der Waals surface area contributed by atoms with Crippen LogP contribution < -0.4 is 4.99 Å². The van der Waals surface area contributed by atoms with Crippen molar-refractivity contribution in [3.8, 4) is 0 Å². The first-order chi connectivity index (χ1) is 12.7. The van der Waals surface area contributed by atoms with E-state index < -0.39 is 6.67 Å². The van der Waals surface area contributed by atoms with Crippen LogP contribution in [0, 0.1) is 5.92 Å². The zero-order valence-electron chi connectivity index (χ0n) is 16.8. The fraction of sp³-hybridized carbons (Fsp3) is 0.609. The largest absolute Gasteiger partial charge is 0.463 e. The topological polar surface area (TPSA) is 34.2 Å². The van der Waals surface area contributed by atoms with Crippen molar-refractivity contribution in [2.75, 3.05) is 13.2 Å². The molecule has 1 unspecified atom stereocenters. The minimum atomic E-state index is -0.464. The van der Waals surface area contributed by atoms with Crippen LogP contribution in [-0.2, 0) is 0 Å². The van der Waals surface area contributed by atoms with E-state index >= 15 is 0 Å². The molecule has 26 heavy (non-hydrogen) atoms. The van der Waals surface area contributed by atoms with E-state index in [1.807, 2.05) is 6.92 Å². The van der Waals surface area contributed by atoms with Gasteiger partial charge < -0.3 is 5.11 Å². The molecule has 0 spiro atoms. The van der Waals surface area contributed by atoms with E-state index in [1.54, 1.807) is 0 Å². The Bertz CT molecular complexity index is 449. The van der Waals surface area contributed by atoms with Crippen LogP contribution in [0.15, 0.2) is 48.6 Å². The summed E-state index contributed by atoms with van der Waals surface area (Å²) in [6.07, 6.45) is 27.5. The van der Waals surface area contributed by atoms with E-state index in [4.69, 9.17) is 0 Å². The van der Waals surface area contributed by atoms with Gasteiger partial charge in [-0.05, 0) is 51.9 Å². The SMILES string of the molecule is CCCCC/C=C\C/C=C\C/C=C\C/C=C\CCC(C)C(O)=[NH+]CCF. The molecule has 0 radical (unpaired) electrons. The Morgan fingerprint density at radius 3 is 1.96 bits per heavy atom. The van der Waals surface area contributed by atoms with Gasteiger partial charge in [-0.2, -0.15) is 0 Å². The van der Waals surface area contributed by atoms with Crippen molar-refractivity contribution in [3.63, 3.8) is 0 Å². The van der Waals surface area contributed by atoms with Crippen molar-refractivity contribution in [2.45, 2.75) is 71.6 Å². The number of unbranched alkanes of at least 4 members (excludes halogenated alkanes) is 3. The summed E-state index contributed by atoms with van der Waals surface area (Å²) in [5, 5.41) is 9.67. The van der Waals surface area contributed by atoms with Crippen LogP contribution in [0.1, 0.15) is 71.6 Å². The van der Waals surface area contributed by atoms with Gasteiger partial charge in [0.15, 0.2) is 6.54 Å². The lowest BCUT2D eigenvalue weighted by atomic mass is 10.1. The molecule has 0 rings (SSSR count). The molecular formula is C23H39FNO+. The zero-order valence-corrected chi connectivity index (χ0v) is 16.8. The summed E-state index contributed by atoms with van der Waals surface area (Å²) in [7, 11) is 0. The quantitative estimate of drug-likeness (QED) is 0.164. The van der Waals surface area contributed by atoms with Crippen molar-refractivity contribution >= 4 is 5.90 Å². The number of halogens is 1. The molecular weight excluding hydrogens is 325 g/mol. The number of allylic oxidation sites excluding steroid dienone is 8. The van der Waals surface area contributed by atoms with Crippen molar-refractivity contribution in [1.29, 1.82) is 0 Å². The third-order valence-corrected chi connectivity index (χ3v) is 4.09. The number of alkyl halides is 1. The smallest absolute Gasteiger partial charge is 0.335 e. The molecule has 148 valence electrons. The highest BCUT2D eigenvalue weighted by Gasteiger charge is 2.12. The number of hydrogen-bond donors (Lipinski definition) is 2. The lowest BCUT2D eigenvalue weighted by Crippen LogP contribution is -2.75. The highest BCUT2D eigenvalue weighted by Crippen LogP contribution is 2.05. The van der Waals surface area contributed by atoms with Crippen molar-refractivity contribution in [3.05, 3.63) is 48.6 Å². The molecule has 0 aliphatic heterocycles. The molecule has 3 heteroatoms. The fourth-order valence-electron chi connectivity index (χ4n) is 2.39. The molecule has 0 heterocycles. The summed E-state index contributed by atoms with van der Waals surface area (Å²) in [4.78, 5) is 2.69. The van der Waals surface area contributed by atoms with Gasteiger partial charge in [0.1, 0.15) is 6.67 Å². The Morgan fingerprint density at radius 1 is 0.885 bits per heavy atom. The lowest BCUT2D eigenvalue weighted by molar-refractivity contribution is -0.470. The molecule has 0 saturated carbocycles. The average Bonchev–Trinajstić information content (AvgIpc) is 2.65. The van der Waals surface area contributed by atoms with Gasteiger partial charge in [-0.25, -0.2) is 9.38 Å². The number of aliphatic hydroxyl groups is 1. The standard InChI is InChI=1S/C23H38FNO/c1-3-4-5-6-7-8-9-10-11-12-13-14-15-16-17-18-19-22(2)23(26)25-21-20-24/h7-8,10-11,13-14,16-17,22H,3-6,9,12,15,18-21H2,1-2H3,(H,25,26)/p+1/b8-7-,11-10-,14-13-,17-16-. The number of rotatable bonds is 16. The molecule has 2 nitrogen and oxygen atoms in total. The Balaban J connectivity index is 3.62. The van der Waals surface area contributed by atoms with Gasteiger partial charge >= 0.3 is 5.90 Å². The predicted molar refractivity (Wildman–Crippen MR) is 112 cm³/mol. The van der Waals surface area contributed by atoms with E-state index in [9.17, 15) is 9.50 Å². The van der Waals surface area contributed by atoms with Crippen LogP contribution in [0.5, 0.6) is 0 Å². The molecule has 0 fully saturated rings. The number of aliphatic hydroxyl groups excluding tert-OH is 1. The Labute approximate surface area is 160 Å². The molecule has 0 aliphatic carbocycles. The Hall–Kier alpha value is -1.64. The van der Waals surface area contributed by atoms with Gasteiger partial charge in [0.2, 0.25) is 0 Å². The second-order valence-electron chi connectivity index (χ2n) is 6.57. The molecule has 0 aromatic heterocycles. The zero-order chi connectivity index (χ0) is 19.3. The van der Waals surface area contributed by atoms with Crippen LogP contribution >= 0.6 is 0 Å². The van der Waals surface area contributed by atoms with E-state index in [1.165, 1.54) is 25.7 Å². The summed E-state index contributed by atoms with van der Waals surface area (Å²) in [5.74, 6) is 0.242. The van der Waals surface area contributed by atoms with Crippen molar-refractivity contribution < 1.29 is 14.5 Å². The summed E-state index contributed by atoms with van der Waals surface area (Å²) < 4.78 is 12.0. The van der Waals surface area contributed by atoms with Gasteiger partial charge in [-0.3, -0.25) is 0 Å². The molecule has 0 saturated heterocycles. The summed E-state index contributed by atoms with van der Waals surface area (Å²) in [6, 6.07) is 0. The summed E-state index contributed by atoms with van der Waals surface area (Å²) >= 11 is 0. The maximum absolute atomic E-state index is 12.0. The summed E-state index contributed by atoms with van der Waals surface area (Å²) in [6.45, 7) is 3.90. The molecule has 2 N–H and O–H groups in total. The van der Waals surface area contributed by atoms with Crippen LogP contribution in [0.4, 0.5) is 4.39 Å². The maximum Gasteiger partial charge on any atom is 0.335 e. The molecule has 0 aromatic rings. The first-order valence-electron chi connectivity index (χ1n) is 10.2. The Morgan fingerprint density at radius 2 is 1.42 bits per heavy atom. The van der Waals surface area contributed by atoms with Crippen molar-refractivity contribution in [2.24, 2.45) is 5.92 Å². The molecule has 0 bridgehead atoms. The number of nitrogens with one attached hydrogen (secondary N) is 1. The highest BCUT2D eigenvalue weighted by atomic mass is 19.1. The molecule has 0 amide bonds. The maximum atomic E-state index is 12.0. The van der Waals surface area contributed by atoms with Crippen LogP contribution in [0.2, 0.25) is 0 Å². The van der Waals surface area contributed by atoms with Crippen LogP contribution in [-0.4, -0.2) is 24.2 Å². The second kappa shape index (κ2) is 19.7. The van der Waals surface area contributed by atoms with Crippen LogP contribution in [0.3, 0.4) is 0 Å². The minimum absolute atomic E-state index is 0.0487. The molecule has 0 aliphatic rings. The molecule has 1 atom stereocenters. The third kappa shape index (κ3) is 17.2. The second-order valence-corrected chi connectivity index (χ2v) is 6.57. The fourth-order valence-corrected chi connectivity index (χ4v) is 2.39. The first-order valence-corrected chi connectivity index (χ1v) is 10.2. The Kier molecular flexibility index (Phi) is 18.4. The normalized spacial score (nSPS) is 14.5. The first kappa shape index (κ1) is 24.4. The van der Waals surface area contributed by atoms with Crippen molar-refractivity contribution in [1.82, 2.24) is 0 Å². The van der Waals surface area contributed by atoms with Gasteiger partial charge in [0.05, 0.1) is 5.92 Å². The van der Waals surface area contributed by atoms with Crippen LogP contribution in [0.25, 0.3) is 0 Å². The van der Waals surface area contributed by atoms with Gasteiger partial charge in [0.25, 0.3) is 0 Å². The monoisotopic (exact) mass is 364 g/mol. The number of hydrogen-bond acceptors (Lipinski definition) is 0. The van der Waals surface area contributed by atoms with E-state index in [2.05, 4.69) is 60.5 Å². The minimum Gasteiger partial charge on any atom is -0.463 e. The average molecular weight is 365 g/mol. The van der Waals surface area contributed by atoms with E-state index in [-0.39, 0.29) is 18.4 Å². The van der Waals surface area contributed by atoms with E-state index in [0.29, 0.717) is 0 Å². The van der Waals surface area contributed by atoms with Gasteiger partial charge in [-0.1, -0.05) is 68.4 Å². The molecule has 0 aromatic carbocycles. The van der Waals surface area contributed by atoms with Gasteiger partial charge in [-0.15, -0.1) is 0 Å². The van der Waals surface area contributed by atoms with Gasteiger partial charge in [0, 0.05) is 0 Å². The third-order valence-electron chi connectivity index (χ3n) is 4.09. The lowest BCUT2D eigenvalue weighted by Gasteiger charge is -2.02. The summed E-state index contributed by atoms with van der Waals surface area (Å²) in [5.41, 5.74) is 0. The highest BCUT2D eigenvalue weighted by molar-refractivity contribution is 5.69.